The molecule has 0 aliphatic heterocycles. The first-order valence-corrected chi connectivity index (χ1v) is 6.14. The van der Waals surface area contributed by atoms with Gasteiger partial charge in [0, 0.05) is 6.42 Å². The van der Waals surface area contributed by atoms with Gasteiger partial charge in [-0.2, -0.15) is 0 Å². The summed E-state index contributed by atoms with van der Waals surface area (Å²) >= 11 is 0. The third-order valence-electron chi connectivity index (χ3n) is 2.99. The molecule has 0 unspecified atom stereocenters. The van der Waals surface area contributed by atoms with E-state index in [1.54, 1.807) is 0 Å². The van der Waals surface area contributed by atoms with Gasteiger partial charge >= 0.3 is 5.97 Å². The molecule has 5 nitrogen and oxygen atoms in total. The summed E-state index contributed by atoms with van der Waals surface area (Å²) in [6.45, 7) is 4.13. The molecule has 19 heavy (non-hydrogen) atoms. The van der Waals surface area contributed by atoms with E-state index in [0.717, 1.165) is 5.56 Å². The van der Waals surface area contributed by atoms with Gasteiger partial charge < -0.3 is 9.52 Å². The first-order valence-electron chi connectivity index (χ1n) is 6.14. The van der Waals surface area contributed by atoms with Crippen molar-refractivity contribution in [3.63, 3.8) is 0 Å². The van der Waals surface area contributed by atoms with Crippen molar-refractivity contribution in [3.8, 4) is 0 Å². The van der Waals surface area contributed by atoms with Crippen LogP contribution in [-0.4, -0.2) is 21.3 Å². The molecular formula is C14H16N2O3. The average molecular weight is 260 g/mol. The number of carboxylic acid groups (broad SMARTS) is 1. The van der Waals surface area contributed by atoms with E-state index in [1.165, 1.54) is 11.1 Å². The maximum atomic E-state index is 10.4. The Morgan fingerprint density at radius 2 is 1.95 bits per heavy atom. The number of hydrogen-bond donors (Lipinski definition) is 1. The molecule has 1 aromatic carbocycles. The van der Waals surface area contributed by atoms with Crippen LogP contribution >= 0.6 is 0 Å². The van der Waals surface area contributed by atoms with E-state index in [1.807, 2.05) is 6.07 Å². The molecule has 100 valence electrons. The Labute approximate surface area is 111 Å². The van der Waals surface area contributed by atoms with E-state index >= 15 is 0 Å². The lowest BCUT2D eigenvalue weighted by Crippen LogP contribution is -1.97. The van der Waals surface area contributed by atoms with Crippen molar-refractivity contribution in [2.75, 3.05) is 0 Å². The largest absolute Gasteiger partial charge is 0.481 e. The summed E-state index contributed by atoms with van der Waals surface area (Å²) < 4.78 is 5.42. The van der Waals surface area contributed by atoms with Crippen molar-refractivity contribution in [1.29, 1.82) is 0 Å². The van der Waals surface area contributed by atoms with Crippen LogP contribution in [0.3, 0.4) is 0 Å². The molecule has 0 bridgehead atoms. The third kappa shape index (κ3) is 3.64. The Hall–Kier alpha value is -2.17. The Morgan fingerprint density at radius 1 is 1.21 bits per heavy atom. The highest BCUT2D eigenvalue weighted by Gasteiger charge is 2.09. The van der Waals surface area contributed by atoms with Crippen LogP contribution in [0.25, 0.3) is 0 Å². The maximum Gasteiger partial charge on any atom is 0.303 e. The first kappa shape index (κ1) is 13.3. The standard InChI is InChI=1S/C14H16N2O3/c1-9-3-4-11(7-10(9)2)8-13-16-15-12(19-13)5-6-14(17)18/h3-4,7H,5-6,8H2,1-2H3,(H,17,18). The zero-order valence-corrected chi connectivity index (χ0v) is 11.0. The van der Waals surface area contributed by atoms with E-state index in [0.29, 0.717) is 18.2 Å². The zero-order valence-electron chi connectivity index (χ0n) is 11.0. The third-order valence-corrected chi connectivity index (χ3v) is 2.99. The van der Waals surface area contributed by atoms with Crippen molar-refractivity contribution >= 4 is 5.97 Å². The number of benzene rings is 1. The molecule has 1 heterocycles. The molecule has 0 aliphatic carbocycles. The van der Waals surface area contributed by atoms with E-state index in [2.05, 4.69) is 36.2 Å². The van der Waals surface area contributed by atoms with Crippen LogP contribution in [0.5, 0.6) is 0 Å². The highest BCUT2D eigenvalue weighted by Crippen LogP contribution is 2.14. The smallest absolute Gasteiger partial charge is 0.303 e. The fourth-order valence-corrected chi connectivity index (χ4v) is 1.76. The molecule has 0 atom stereocenters. The fourth-order valence-electron chi connectivity index (χ4n) is 1.76. The van der Waals surface area contributed by atoms with Gasteiger partial charge in [-0.15, -0.1) is 10.2 Å². The molecule has 0 radical (unpaired) electrons. The molecular weight excluding hydrogens is 244 g/mol. The lowest BCUT2D eigenvalue weighted by molar-refractivity contribution is -0.137. The van der Waals surface area contributed by atoms with E-state index in [9.17, 15) is 4.79 Å². The van der Waals surface area contributed by atoms with Crippen molar-refractivity contribution in [3.05, 3.63) is 46.7 Å². The second-order valence-electron chi connectivity index (χ2n) is 4.58. The number of carboxylic acids is 1. The van der Waals surface area contributed by atoms with Crippen LogP contribution < -0.4 is 0 Å². The van der Waals surface area contributed by atoms with Crippen LogP contribution in [0, 0.1) is 13.8 Å². The van der Waals surface area contributed by atoms with Crippen molar-refractivity contribution < 1.29 is 14.3 Å². The normalized spacial score (nSPS) is 10.6. The quantitative estimate of drug-likeness (QED) is 0.892. The van der Waals surface area contributed by atoms with Crippen molar-refractivity contribution in [1.82, 2.24) is 10.2 Å². The van der Waals surface area contributed by atoms with Gasteiger partial charge in [0.1, 0.15) is 0 Å². The Morgan fingerprint density at radius 3 is 2.63 bits per heavy atom. The van der Waals surface area contributed by atoms with Gasteiger partial charge in [-0.3, -0.25) is 4.79 Å². The minimum Gasteiger partial charge on any atom is -0.481 e. The SMILES string of the molecule is Cc1ccc(Cc2nnc(CCC(=O)O)o2)cc1C. The lowest BCUT2D eigenvalue weighted by atomic mass is 10.0. The minimum absolute atomic E-state index is 0.00523. The molecule has 0 aliphatic rings. The Balaban J connectivity index is 2.02. The van der Waals surface area contributed by atoms with Crippen LogP contribution in [-0.2, 0) is 17.6 Å². The number of aromatic nitrogens is 2. The molecule has 0 fully saturated rings. The van der Waals surface area contributed by atoms with E-state index in [-0.39, 0.29) is 12.8 Å². The number of aliphatic carboxylic acids is 1. The molecule has 0 spiro atoms. The van der Waals surface area contributed by atoms with Gasteiger partial charge in [0.05, 0.1) is 12.8 Å². The topological polar surface area (TPSA) is 76.2 Å². The summed E-state index contributed by atoms with van der Waals surface area (Å²) in [6.07, 6.45) is 0.849. The molecule has 0 amide bonds. The number of nitrogens with zero attached hydrogens (tertiary/aromatic N) is 2. The molecule has 5 heteroatoms. The summed E-state index contributed by atoms with van der Waals surface area (Å²) in [4.78, 5) is 10.4. The number of aryl methyl sites for hydroxylation is 3. The van der Waals surface area contributed by atoms with Gasteiger partial charge in [0.15, 0.2) is 0 Å². The maximum absolute atomic E-state index is 10.4. The number of hydrogen-bond acceptors (Lipinski definition) is 4. The van der Waals surface area contributed by atoms with Crippen LogP contribution in [0.1, 0.15) is 34.9 Å². The minimum atomic E-state index is -0.867. The van der Waals surface area contributed by atoms with E-state index in [4.69, 9.17) is 9.52 Å². The summed E-state index contributed by atoms with van der Waals surface area (Å²) in [5, 5.41) is 16.4. The van der Waals surface area contributed by atoms with Gasteiger partial charge in [-0.25, -0.2) is 0 Å². The Bertz CT molecular complexity index is 590. The highest BCUT2D eigenvalue weighted by atomic mass is 16.4. The second kappa shape index (κ2) is 5.65. The first-order chi connectivity index (χ1) is 9.04. The van der Waals surface area contributed by atoms with Crippen LogP contribution in [0.15, 0.2) is 22.6 Å². The number of carbonyl (C=O) groups is 1. The average Bonchev–Trinajstić information content (AvgIpc) is 2.79. The molecule has 0 saturated carbocycles. The highest BCUT2D eigenvalue weighted by molar-refractivity contribution is 5.66. The van der Waals surface area contributed by atoms with Crippen molar-refractivity contribution in [2.45, 2.75) is 33.1 Å². The zero-order chi connectivity index (χ0) is 13.8. The predicted octanol–water partition coefficient (Wildman–Crippen LogP) is 2.29. The number of rotatable bonds is 5. The fraction of sp³-hybridized carbons (Fsp3) is 0.357. The second-order valence-corrected chi connectivity index (χ2v) is 4.58. The molecule has 0 saturated heterocycles. The van der Waals surface area contributed by atoms with Gasteiger partial charge in [0.2, 0.25) is 11.8 Å². The molecule has 1 aromatic heterocycles. The van der Waals surface area contributed by atoms with Gasteiger partial charge in [-0.05, 0) is 30.5 Å². The monoisotopic (exact) mass is 260 g/mol. The van der Waals surface area contributed by atoms with Crippen LogP contribution in [0.4, 0.5) is 0 Å². The van der Waals surface area contributed by atoms with Gasteiger partial charge in [0.25, 0.3) is 0 Å². The molecule has 2 rings (SSSR count). The van der Waals surface area contributed by atoms with Gasteiger partial charge in [-0.1, -0.05) is 18.2 Å². The van der Waals surface area contributed by atoms with Crippen LogP contribution in [0.2, 0.25) is 0 Å². The Kier molecular flexibility index (Phi) is 3.94. The summed E-state index contributed by atoms with van der Waals surface area (Å²) in [5.41, 5.74) is 3.58. The molecule has 1 N–H and O–H groups in total. The summed E-state index contributed by atoms with van der Waals surface area (Å²) in [5.74, 6) is 0.0267. The lowest BCUT2D eigenvalue weighted by Gasteiger charge is -2.02. The van der Waals surface area contributed by atoms with Crippen molar-refractivity contribution in [2.24, 2.45) is 0 Å². The van der Waals surface area contributed by atoms with E-state index < -0.39 is 5.97 Å². The summed E-state index contributed by atoms with van der Waals surface area (Å²) in [7, 11) is 0. The summed E-state index contributed by atoms with van der Waals surface area (Å²) in [6, 6.07) is 6.19. The predicted molar refractivity (Wildman–Crippen MR) is 69.0 cm³/mol. The molecule has 2 aromatic rings.